The maximum Gasteiger partial charge on any atom is 0.243 e. The van der Waals surface area contributed by atoms with Crippen molar-refractivity contribution in [2.45, 2.75) is 32.5 Å². The molecule has 0 spiro atoms. The van der Waals surface area contributed by atoms with E-state index >= 15 is 0 Å². The predicted molar refractivity (Wildman–Crippen MR) is 74.8 cm³/mol. The second-order valence-corrected chi connectivity index (χ2v) is 5.19. The maximum atomic E-state index is 12.6. The summed E-state index contributed by atoms with van der Waals surface area (Å²) in [4.78, 5) is 14.3. The minimum Gasteiger partial charge on any atom is -0.467 e. The van der Waals surface area contributed by atoms with Gasteiger partial charge in [-0.1, -0.05) is 0 Å². The van der Waals surface area contributed by atoms with E-state index in [9.17, 15) is 4.79 Å². The van der Waals surface area contributed by atoms with Gasteiger partial charge < -0.3 is 19.1 Å². The summed E-state index contributed by atoms with van der Waals surface area (Å²) in [5.41, 5.74) is -0.640. The van der Waals surface area contributed by atoms with Crippen molar-refractivity contribution in [2.24, 2.45) is 0 Å². The molecule has 0 aliphatic carbocycles. The molecule has 0 saturated heterocycles. The molecule has 2 aromatic heterocycles. The minimum atomic E-state index is -0.640. The van der Waals surface area contributed by atoms with E-state index in [1.165, 1.54) is 0 Å². The summed E-state index contributed by atoms with van der Waals surface area (Å²) >= 11 is 0. The second kappa shape index (κ2) is 5.96. The molecule has 0 radical (unpaired) electrons. The van der Waals surface area contributed by atoms with Crippen LogP contribution in [0.1, 0.15) is 25.4 Å². The highest BCUT2D eigenvalue weighted by Gasteiger charge is 2.31. The van der Waals surface area contributed by atoms with E-state index in [0.29, 0.717) is 13.1 Å². The highest BCUT2D eigenvalue weighted by molar-refractivity contribution is 5.85. The molecule has 1 amide bonds. The van der Waals surface area contributed by atoms with Crippen LogP contribution in [-0.2, 0) is 17.9 Å². The molecule has 0 saturated carbocycles. The normalized spacial score (nSPS) is 11.6. The lowest BCUT2D eigenvalue weighted by molar-refractivity contribution is -0.138. The molecule has 5 heteroatoms. The number of hydrogen-bond donors (Lipinski definition) is 1. The first-order chi connectivity index (χ1) is 9.53. The van der Waals surface area contributed by atoms with Gasteiger partial charge in [0.25, 0.3) is 0 Å². The topological polar surface area (TPSA) is 58.6 Å². The maximum absolute atomic E-state index is 12.6. The Morgan fingerprint density at radius 2 is 1.65 bits per heavy atom. The van der Waals surface area contributed by atoms with Crippen LogP contribution in [0.15, 0.2) is 45.6 Å². The fraction of sp³-hybridized carbons (Fsp3) is 0.400. The van der Waals surface area contributed by atoms with E-state index in [4.69, 9.17) is 8.83 Å². The summed E-state index contributed by atoms with van der Waals surface area (Å²) in [5.74, 6) is 1.49. The van der Waals surface area contributed by atoms with Gasteiger partial charge in [-0.2, -0.15) is 0 Å². The van der Waals surface area contributed by atoms with Crippen molar-refractivity contribution in [3.63, 3.8) is 0 Å². The molecular weight excluding hydrogens is 256 g/mol. The van der Waals surface area contributed by atoms with E-state index in [2.05, 4.69) is 5.32 Å². The Bertz CT molecular complexity index is 493. The molecule has 0 atom stereocenters. The highest BCUT2D eigenvalue weighted by Crippen LogP contribution is 2.16. The molecule has 0 fully saturated rings. The smallest absolute Gasteiger partial charge is 0.243 e. The van der Waals surface area contributed by atoms with Crippen LogP contribution in [0.2, 0.25) is 0 Å². The molecule has 5 nitrogen and oxygen atoms in total. The van der Waals surface area contributed by atoms with Gasteiger partial charge in [-0.15, -0.1) is 0 Å². The number of rotatable bonds is 6. The van der Waals surface area contributed by atoms with Crippen LogP contribution in [0.25, 0.3) is 0 Å². The zero-order valence-corrected chi connectivity index (χ0v) is 12.1. The summed E-state index contributed by atoms with van der Waals surface area (Å²) in [6.07, 6.45) is 3.21. The molecule has 0 aliphatic rings. The van der Waals surface area contributed by atoms with Crippen molar-refractivity contribution in [1.82, 2.24) is 10.2 Å². The van der Waals surface area contributed by atoms with Crippen molar-refractivity contribution in [2.75, 3.05) is 7.05 Å². The van der Waals surface area contributed by atoms with Crippen LogP contribution in [0.4, 0.5) is 0 Å². The minimum absolute atomic E-state index is 0.00667. The number of hydrogen-bond acceptors (Lipinski definition) is 4. The first-order valence-electron chi connectivity index (χ1n) is 6.56. The molecule has 0 aliphatic heterocycles. The predicted octanol–water partition coefficient (Wildman–Crippen LogP) is 2.40. The summed E-state index contributed by atoms with van der Waals surface area (Å²) in [6.45, 7) is 4.54. The summed E-state index contributed by atoms with van der Waals surface area (Å²) in [7, 11) is 1.77. The van der Waals surface area contributed by atoms with Gasteiger partial charge in [0.2, 0.25) is 5.91 Å². The Hall–Kier alpha value is -2.01. The van der Waals surface area contributed by atoms with Gasteiger partial charge in [0.05, 0.1) is 31.2 Å². The summed E-state index contributed by atoms with van der Waals surface area (Å²) < 4.78 is 10.7. The fourth-order valence-corrected chi connectivity index (χ4v) is 1.88. The first kappa shape index (κ1) is 14.4. The van der Waals surface area contributed by atoms with Gasteiger partial charge in [-0.05, 0) is 45.2 Å². The Balaban J connectivity index is 2.17. The quantitative estimate of drug-likeness (QED) is 0.880. The molecule has 0 aromatic carbocycles. The number of nitrogens with zero attached hydrogens (tertiary/aromatic N) is 1. The Labute approximate surface area is 118 Å². The third-order valence-electron chi connectivity index (χ3n) is 3.30. The van der Waals surface area contributed by atoms with Crippen LogP contribution in [-0.4, -0.2) is 23.4 Å². The molecule has 1 N–H and O–H groups in total. The largest absolute Gasteiger partial charge is 0.467 e. The van der Waals surface area contributed by atoms with Gasteiger partial charge in [0, 0.05) is 0 Å². The van der Waals surface area contributed by atoms with E-state index in [1.54, 1.807) is 24.5 Å². The lowest BCUT2D eigenvalue weighted by atomic mass is 10.0. The Kier molecular flexibility index (Phi) is 4.29. The van der Waals surface area contributed by atoms with E-state index in [0.717, 1.165) is 11.5 Å². The molecule has 2 heterocycles. The zero-order valence-electron chi connectivity index (χ0n) is 12.1. The average molecular weight is 276 g/mol. The molecule has 20 heavy (non-hydrogen) atoms. The molecule has 0 unspecified atom stereocenters. The van der Waals surface area contributed by atoms with E-state index in [-0.39, 0.29) is 5.91 Å². The first-order valence-corrected chi connectivity index (χ1v) is 6.56. The molecule has 2 aromatic rings. The van der Waals surface area contributed by atoms with Crippen molar-refractivity contribution in [3.05, 3.63) is 48.3 Å². The third kappa shape index (κ3) is 3.30. The van der Waals surface area contributed by atoms with Crippen LogP contribution in [0, 0.1) is 0 Å². The van der Waals surface area contributed by atoms with Gasteiger partial charge >= 0.3 is 0 Å². The van der Waals surface area contributed by atoms with Crippen molar-refractivity contribution in [1.29, 1.82) is 0 Å². The van der Waals surface area contributed by atoms with Crippen molar-refractivity contribution >= 4 is 5.91 Å². The van der Waals surface area contributed by atoms with Crippen molar-refractivity contribution < 1.29 is 13.6 Å². The number of likely N-dealkylation sites (N-methyl/N-ethyl adjacent to an activating group) is 1. The SMILES string of the molecule is CNC(C)(C)C(=O)N(Cc1ccco1)Cc1ccco1. The van der Waals surface area contributed by atoms with Crippen LogP contribution < -0.4 is 5.32 Å². The van der Waals surface area contributed by atoms with Crippen LogP contribution in [0.5, 0.6) is 0 Å². The molecule has 0 bridgehead atoms. The Morgan fingerprint density at radius 1 is 1.15 bits per heavy atom. The third-order valence-corrected chi connectivity index (χ3v) is 3.30. The lowest BCUT2D eigenvalue weighted by Crippen LogP contribution is -2.52. The summed E-state index contributed by atoms with van der Waals surface area (Å²) in [6, 6.07) is 7.34. The number of nitrogens with one attached hydrogen (secondary N) is 1. The van der Waals surface area contributed by atoms with Crippen LogP contribution in [0.3, 0.4) is 0 Å². The molecule has 2 rings (SSSR count). The average Bonchev–Trinajstić information content (AvgIpc) is 3.10. The standard InChI is InChI=1S/C15H20N2O3/c1-15(2,16-3)14(18)17(10-12-6-4-8-19-12)11-13-7-5-9-20-13/h4-9,16H,10-11H2,1-3H3. The number of amides is 1. The fourth-order valence-electron chi connectivity index (χ4n) is 1.88. The van der Waals surface area contributed by atoms with E-state index < -0.39 is 5.54 Å². The van der Waals surface area contributed by atoms with Gasteiger partial charge in [0.15, 0.2) is 0 Å². The highest BCUT2D eigenvalue weighted by atomic mass is 16.3. The number of carbonyl (C=O) groups is 1. The Morgan fingerprint density at radius 3 is 2.00 bits per heavy atom. The molecular formula is C15H20N2O3. The zero-order chi connectivity index (χ0) is 14.6. The van der Waals surface area contributed by atoms with Gasteiger partial charge in [-0.25, -0.2) is 0 Å². The van der Waals surface area contributed by atoms with Crippen molar-refractivity contribution in [3.8, 4) is 0 Å². The van der Waals surface area contributed by atoms with Gasteiger partial charge in [0.1, 0.15) is 11.5 Å². The summed E-state index contributed by atoms with van der Waals surface area (Å²) in [5, 5.41) is 3.03. The number of furan rings is 2. The monoisotopic (exact) mass is 276 g/mol. The van der Waals surface area contributed by atoms with Crippen LogP contribution >= 0.6 is 0 Å². The van der Waals surface area contributed by atoms with Gasteiger partial charge in [-0.3, -0.25) is 4.79 Å². The second-order valence-electron chi connectivity index (χ2n) is 5.19. The molecule has 108 valence electrons. The number of carbonyl (C=O) groups excluding carboxylic acids is 1. The van der Waals surface area contributed by atoms with E-state index in [1.807, 2.05) is 38.1 Å². The lowest BCUT2D eigenvalue weighted by Gasteiger charge is -2.30.